The Morgan fingerprint density at radius 1 is 1.35 bits per heavy atom. The molecule has 0 radical (unpaired) electrons. The number of likely N-dealkylation sites (tertiary alicyclic amines) is 1. The van der Waals surface area contributed by atoms with Crippen molar-refractivity contribution in [1.29, 1.82) is 0 Å². The summed E-state index contributed by atoms with van der Waals surface area (Å²) >= 11 is 5.91. The predicted molar refractivity (Wildman–Crippen MR) is 91.0 cm³/mol. The van der Waals surface area contributed by atoms with Crippen molar-refractivity contribution in [2.24, 2.45) is 0 Å². The smallest absolute Gasteiger partial charge is 0.333 e. The van der Waals surface area contributed by atoms with E-state index >= 15 is 0 Å². The van der Waals surface area contributed by atoms with Crippen LogP contribution >= 0.6 is 11.6 Å². The van der Waals surface area contributed by atoms with Gasteiger partial charge >= 0.3 is 5.97 Å². The molecule has 0 unspecified atom stereocenters. The van der Waals surface area contributed by atoms with Gasteiger partial charge in [-0.05, 0) is 30.7 Å². The van der Waals surface area contributed by atoms with Gasteiger partial charge in [0.1, 0.15) is 6.10 Å². The highest BCUT2D eigenvalue weighted by Crippen LogP contribution is 2.16. The maximum Gasteiger partial charge on any atom is 0.333 e. The molecule has 122 valence electrons. The maximum absolute atomic E-state index is 12.2. The SMILES string of the molecule is C=C(C)C(=O)OC1CCN(C(=O)/C=C/c2cccc(Cl)c2)CC1. The van der Waals surface area contributed by atoms with Gasteiger partial charge in [0, 0.05) is 42.6 Å². The molecule has 5 heteroatoms. The van der Waals surface area contributed by atoms with E-state index in [0.29, 0.717) is 36.5 Å². The molecule has 0 aliphatic carbocycles. The third kappa shape index (κ3) is 5.25. The molecule has 1 aromatic rings. The van der Waals surface area contributed by atoms with Crippen molar-refractivity contribution >= 4 is 29.6 Å². The van der Waals surface area contributed by atoms with E-state index in [1.165, 1.54) is 0 Å². The van der Waals surface area contributed by atoms with Gasteiger partial charge in [-0.1, -0.05) is 30.3 Å². The molecule has 1 amide bonds. The second-order valence-corrected chi connectivity index (χ2v) is 6.04. The molecule has 1 aliphatic rings. The number of esters is 1. The quantitative estimate of drug-likeness (QED) is 0.626. The number of rotatable bonds is 4. The molecule has 0 N–H and O–H groups in total. The van der Waals surface area contributed by atoms with Crippen molar-refractivity contribution in [1.82, 2.24) is 4.90 Å². The average Bonchev–Trinajstić information content (AvgIpc) is 2.53. The molecule has 1 aromatic carbocycles. The van der Waals surface area contributed by atoms with E-state index in [9.17, 15) is 9.59 Å². The molecule has 0 atom stereocenters. The van der Waals surface area contributed by atoms with Crippen LogP contribution in [0.5, 0.6) is 0 Å². The summed E-state index contributed by atoms with van der Waals surface area (Å²) in [4.78, 5) is 25.4. The van der Waals surface area contributed by atoms with Crippen molar-refractivity contribution < 1.29 is 14.3 Å². The standard InChI is InChI=1S/C18H20ClNO3/c1-13(2)18(22)23-16-8-10-20(11-9-16)17(21)7-6-14-4-3-5-15(19)12-14/h3-7,12,16H,1,8-11H2,2H3/b7-6+. The molecule has 1 saturated heterocycles. The van der Waals surface area contributed by atoms with Gasteiger partial charge in [0.2, 0.25) is 5.91 Å². The zero-order valence-electron chi connectivity index (χ0n) is 13.1. The number of ether oxygens (including phenoxy) is 1. The van der Waals surface area contributed by atoms with Crippen LogP contribution in [0.4, 0.5) is 0 Å². The third-order valence-corrected chi connectivity index (χ3v) is 3.88. The molecule has 0 spiro atoms. The highest BCUT2D eigenvalue weighted by Gasteiger charge is 2.24. The number of nitrogens with zero attached hydrogens (tertiary/aromatic N) is 1. The summed E-state index contributed by atoms with van der Waals surface area (Å²) in [6.07, 6.45) is 4.46. The van der Waals surface area contributed by atoms with Crippen LogP contribution in [-0.4, -0.2) is 36.0 Å². The summed E-state index contributed by atoms with van der Waals surface area (Å²) in [6.45, 7) is 6.34. The first kappa shape index (κ1) is 17.3. The Bertz CT molecular complexity index is 631. The van der Waals surface area contributed by atoms with E-state index in [4.69, 9.17) is 16.3 Å². The second kappa shape index (κ2) is 7.97. The first-order valence-electron chi connectivity index (χ1n) is 7.55. The lowest BCUT2D eigenvalue weighted by Gasteiger charge is -2.31. The minimum absolute atomic E-state index is 0.0466. The number of carbonyl (C=O) groups excluding carboxylic acids is 2. The van der Waals surface area contributed by atoms with Gasteiger partial charge in [0.15, 0.2) is 0 Å². The van der Waals surface area contributed by atoms with Crippen molar-refractivity contribution in [3.63, 3.8) is 0 Å². The summed E-state index contributed by atoms with van der Waals surface area (Å²) in [5.74, 6) is -0.412. The van der Waals surface area contributed by atoms with Crippen LogP contribution < -0.4 is 0 Å². The van der Waals surface area contributed by atoms with Gasteiger partial charge in [-0.15, -0.1) is 0 Å². The number of amides is 1. The molecule has 1 aliphatic heterocycles. The Balaban J connectivity index is 1.84. The van der Waals surface area contributed by atoms with Crippen LogP contribution in [0.25, 0.3) is 6.08 Å². The van der Waals surface area contributed by atoms with E-state index in [2.05, 4.69) is 6.58 Å². The predicted octanol–water partition coefficient (Wildman–Crippen LogP) is 3.46. The normalized spacial score (nSPS) is 15.7. The monoisotopic (exact) mass is 333 g/mol. The van der Waals surface area contributed by atoms with Crippen LogP contribution in [0.15, 0.2) is 42.5 Å². The Morgan fingerprint density at radius 3 is 2.65 bits per heavy atom. The minimum atomic E-state index is -0.365. The summed E-state index contributed by atoms with van der Waals surface area (Å²) in [5.41, 5.74) is 1.28. The fourth-order valence-electron chi connectivity index (χ4n) is 2.33. The minimum Gasteiger partial charge on any atom is -0.459 e. The second-order valence-electron chi connectivity index (χ2n) is 5.60. The first-order valence-corrected chi connectivity index (χ1v) is 7.92. The topological polar surface area (TPSA) is 46.6 Å². The van der Waals surface area contributed by atoms with Gasteiger partial charge in [0.25, 0.3) is 0 Å². The van der Waals surface area contributed by atoms with E-state index in [0.717, 1.165) is 5.56 Å². The summed E-state index contributed by atoms with van der Waals surface area (Å²) in [5, 5.41) is 0.639. The average molecular weight is 334 g/mol. The largest absolute Gasteiger partial charge is 0.459 e. The molecular formula is C18H20ClNO3. The van der Waals surface area contributed by atoms with E-state index < -0.39 is 0 Å². The Morgan fingerprint density at radius 2 is 2.04 bits per heavy atom. The fraction of sp³-hybridized carbons (Fsp3) is 0.333. The van der Waals surface area contributed by atoms with Gasteiger partial charge in [-0.2, -0.15) is 0 Å². The highest BCUT2D eigenvalue weighted by atomic mass is 35.5. The summed E-state index contributed by atoms with van der Waals surface area (Å²) < 4.78 is 5.31. The number of hydrogen-bond acceptors (Lipinski definition) is 3. The molecule has 1 fully saturated rings. The number of carbonyl (C=O) groups is 2. The number of halogens is 1. The number of piperidine rings is 1. The van der Waals surface area contributed by atoms with Crippen molar-refractivity contribution in [2.45, 2.75) is 25.9 Å². The van der Waals surface area contributed by atoms with E-state index in [1.54, 1.807) is 36.1 Å². The zero-order chi connectivity index (χ0) is 16.8. The molecule has 2 rings (SSSR count). The molecular weight excluding hydrogens is 314 g/mol. The molecule has 0 saturated carbocycles. The van der Waals surface area contributed by atoms with Gasteiger partial charge in [-0.3, -0.25) is 4.79 Å². The van der Waals surface area contributed by atoms with Crippen molar-refractivity contribution in [2.75, 3.05) is 13.1 Å². The molecule has 1 heterocycles. The molecule has 0 bridgehead atoms. The van der Waals surface area contributed by atoms with Crippen LogP contribution in [0, 0.1) is 0 Å². The van der Waals surface area contributed by atoms with Crippen molar-refractivity contribution in [3.8, 4) is 0 Å². The zero-order valence-corrected chi connectivity index (χ0v) is 13.9. The molecule has 23 heavy (non-hydrogen) atoms. The van der Waals surface area contributed by atoms with Gasteiger partial charge in [-0.25, -0.2) is 4.79 Å². The Labute approximate surface area is 141 Å². The highest BCUT2D eigenvalue weighted by molar-refractivity contribution is 6.30. The van der Waals surface area contributed by atoms with Crippen molar-refractivity contribution in [3.05, 3.63) is 53.1 Å². The van der Waals surface area contributed by atoms with E-state index in [1.807, 2.05) is 12.1 Å². The van der Waals surface area contributed by atoms with Crippen LogP contribution in [0.3, 0.4) is 0 Å². The summed E-state index contributed by atoms with van der Waals surface area (Å²) in [6, 6.07) is 7.32. The summed E-state index contributed by atoms with van der Waals surface area (Å²) in [7, 11) is 0. The lowest BCUT2D eigenvalue weighted by atomic mass is 10.1. The Kier molecular flexibility index (Phi) is 5.99. The van der Waals surface area contributed by atoms with Crippen LogP contribution in [-0.2, 0) is 14.3 Å². The molecule has 0 aromatic heterocycles. The van der Waals surface area contributed by atoms with Gasteiger partial charge < -0.3 is 9.64 Å². The lowest BCUT2D eigenvalue weighted by molar-refractivity contribution is -0.147. The lowest BCUT2D eigenvalue weighted by Crippen LogP contribution is -2.40. The first-order chi connectivity index (χ1) is 11.0. The number of hydrogen-bond donors (Lipinski definition) is 0. The van der Waals surface area contributed by atoms with E-state index in [-0.39, 0.29) is 18.0 Å². The fourth-order valence-corrected chi connectivity index (χ4v) is 2.53. The van der Waals surface area contributed by atoms with Gasteiger partial charge in [0.05, 0.1) is 0 Å². The van der Waals surface area contributed by atoms with Crippen LogP contribution in [0.1, 0.15) is 25.3 Å². The number of benzene rings is 1. The molecule has 4 nitrogen and oxygen atoms in total. The maximum atomic E-state index is 12.2. The third-order valence-electron chi connectivity index (χ3n) is 3.64. The Hall–Kier alpha value is -2.07. The van der Waals surface area contributed by atoms with Crippen LogP contribution in [0.2, 0.25) is 5.02 Å².